The minimum absolute atomic E-state index is 0.262. The Morgan fingerprint density at radius 3 is 2.35 bits per heavy atom. The molecule has 8 nitrogen and oxygen atoms in total. The van der Waals surface area contributed by atoms with Crippen LogP contribution in [0.25, 0.3) is 10.6 Å². The van der Waals surface area contributed by atoms with Crippen molar-refractivity contribution in [3.63, 3.8) is 0 Å². The first-order valence-corrected chi connectivity index (χ1v) is 8.92. The Kier molecular flexibility index (Phi) is 5.60. The molecule has 1 atom stereocenters. The molecule has 2 aromatic rings. The van der Waals surface area contributed by atoms with Gasteiger partial charge in [-0.1, -0.05) is 13.8 Å². The number of amides is 1. The van der Waals surface area contributed by atoms with Crippen LogP contribution in [0.2, 0.25) is 0 Å². The fourth-order valence-corrected chi connectivity index (χ4v) is 3.60. The third-order valence-electron chi connectivity index (χ3n) is 4.16. The number of carboxylic acids is 1. The maximum atomic E-state index is 12.5. The molecule has 9 heteroatoms. The Morgan fingerprint density at radius 2 is 1.81 bits per heavy atom. The molecule has 0 saturated carbocycles. The second-order valence-corrected chi connectivity index (χ2v) is 7.48. The van der Waals surface area contributed by atoms with E-state index < -0.39 is 17.9 Å². The summed E-state index contributed by atoms with van der Waals surface area (Å²) in [5.74, 6) is -1.86. The number of nitrogens with zero attached hydrogens (tertiary/aromatic N) is 3. The van der Waals surface area contributed by atoms with E-state index in [0.29, 0.717) is 32.4 Å². The normalized spacial score (nSPS) is 12.3. The zero-order chi connectivity index (χ0) is 19.8. The fraction of sp³-hybridized carbons (Fsp3) is 0.471. The Balaban J connectivity index is 2.47. The Morgan fingerprint density at radius 1 is 1.19 bits per heavy atom. The summed E-state index contributed by atoms with van der Waals surface area (Å²) < 4.78 is 1.24. The molecule has 0 aliphatic heterocycles. The molecule has 140 valence electrons. The van der Waals surface area contributed by atoms with Crippen LogP contribution < -0.4 is 10.9 Å². The number of hydrogen-bond donors (Lipinski definition) is 2. The van der Waals surface area contributed by atoms with Crippen molar-refractivity contribution in [1.82, 2.24) is 20.1 Å². The van der Waals surface area contributed by atoms with Gasteiger partial charge in [0.25, 0.3) is 11.5 Å². The predicted molar refractivity (Wildman–Crippen MR) is 98.5 cm³/mol. The van der Waals surface area contributed by atoms with E-state index in [2.05, 4.69) is 15.4 Å². The molecule has 0 radical (unpaired) electrons. The maximum Gasteiger partial charge on any atom is 0.326 e. The van der Waals surface area contributed by atoms with Gasteiger partial charge >= 0.3 is 5.97 Å². The van der Waals surface area contributed by atoms with Crippen molar-refractivity contribution >= 4 is 23.2 Å². The largest absolute Gasteiger partial charge is 0.480 e. The van der Waals surface area contributed by atoms with Crippen LogP contribution in [0.5, 0.6) is 0 Å². The van der Waals surface area contributed by atoms with Crippen molar-refractivity contribution in [1.29, 1.82) is 0 Å². The second-order valence-electron chi connectivity index (χ2n) is 6.48. The van der Waals surface area contributed by atoms with Gasteiger partial charge in [-0.15, -0.1) is 11.3 Å². The molecule has 0 bridgehead atoms. The number of hydrogen-bond acceptors (Lipinski definition) is 6. The summed E-state index contributed by atoms with van der Waals surface area (Å²) in [4.78, 5) is 41.0. The molecule has 0 aromatic carbocycles. The smallest absolute Gasteiger partial charge is 0.326 e. The van der Waals surface area contributed by atoms with Gasteiger partial charge < -0.3 is 10.4 Å². The molecule has 0 aliphatic carbocycles. The van der Waals surface area contributed by atoms with Gasteiger partial charge in [0.2, 0.25) is 0 Å². The number of aliphatic carboxylic acids is 1. The first-order chi connectivity index (χ1) is 12.0. The number of carbonyl (C=O) groups is 2. The van der Waals surface area contributed by atoms with Crippen LogP contribution in [0, 0.1) is 26.7 Å². The topological polar surface area (TPSA) is 114 Å². The van der Waals surface area contributed by atoms with Crippen molar-refractivity contribution in [3.05, 3.63) is 32.2 Å². The van der Waals surface area contributed by atoms with E-state index >= 15 is 0 Å². The third kappa shape index (κ3) is 3.67. The number of rotatable bonds is 5. The molecule has 2 rings (SSSR count). The minimum atomic E-state index is -1.09. The zero-order valence-corrected chi connectivity index (χ0v) is 16.4. The number of carboxylic acid groups (broad SMARTS) is 1. The Hall–Kier alpha value is -2.55. The van der Waals surface area contributed by atoms with Crippen LogP contribution >= 0.6 is 11.3 Å². The molecule has 1 amide bonds. The standard InChI is InChI=1S/C17H22N4O4S/c1-7(2)12(17(24)25)19-14(22)13-10(5)18-15(26-13)11-8(3)9(4)20-21(6)16(11)23/h7,12H,1-6H3,(H,19,22)(H,24,25)/t12-/m1/s1. The molecule has 26 heavy (non-hydrogen) atoms. The summed E-state index contributed by atoms with van der Waals surface area (Å²) in [5, 5.41) is 16.3. The van der Waals surface area contributed by atoms with E-state index in [9.17, 15) is 19.5 Å². The van der Waals surface area contributed by atoms with Crippen LogP contribution in [-0.4, -0.2) is 37.8 Å². The lowest BCUT2D eigenvalue weighted by Crippen LogP contribution is -2.44. The fourth-order valence-electron chi connectivity index (χ4n) is 2.53. The average Bonchev–Trinajstić information content (AvgIpc) is 2.91. The summed E-state index contributed by atoms with van der Waals surface area (Å²) in [6.45, 7) is 8.68. The SMILES string of the molecule is Cc1nc(-c2c(C)c(C)nn(C)c2=O)sc1C(=O)N[C@@H](C(=O)O)C(C)C. The lowest BCUT2D eigenvalue weighted by atomic mass is 10.0. The number of carbonyl (C=O) groups excluding carboxylic acids is 1. The number of aryl methyl sites for hydroxylation is 3. The molecule has 2 heterocycles. The first kappa shape index (κ1) is 19.8. The van der Waals surface area contributed by atoms with Gasteiger partial charge in [-0.05, 0) is 32.3 Å². The van der Waals surface area contributed by atoms with E-state index in [0.717, 1.165) is 11.3 Å². The number of nitrogens with one attached hydrogen (secondary N) is 1. The molecule has 0 aliphatic rings. The van der Waals surface area contributed by atoms with Crippen LogP contribution in [0.1, 0.15) is 40.5 Å². The summed E-state index contributed by atoms with van der Waals surface area (Å²) >= 11 is 1.07. The van der Waals surface area contributed by atoms with Crippen LogP contribution in [0.4, 0.5) is 0 Å². The van der Waals surface area contributed by atoms with E-state index in [4.69, 9.17) is 0 Å². The molecule has 0 saturated heterocycles. The van der Waals surface area contributed by atoms with Crippen LogP contribution in [0.15, 0.2) is 4.79 Å². The van der Waals surface area contributed by atoms with Gasteiger partial charge in [0, 0.05) is 7.05 Å². The highest BCUT2D eigenvalue weighted by Gasteiger charge is 2.27. The monoisotopic (exact) mass is 378 g/mol. The quantitative estimate of drug-likeness (QED) is 0.818. The Bertz CT molecular complexity index is 930. The first-order valence-electron chi connectivity index (χ1n) is 8.10. The van der Waals surface area contributed by atoms with Crippen LogP contribution in [-0.2, 0) is 11.8 Å². The summed E-state index contributed by atoms with van der Waals surface area (Å²) in [7, 11) is 1.56. The highest BCUT2D eigenvalue weighted by molar-refractivity contribution is 7.17. The summed E-state index contributed by atoms with van der Waals surface area (Å²) in [6.07, 6.45) is 0. The van der Waals surface area contributed by atoms with Crippen molar-refractivity contribution in [3.8, 4) is 10.6 Å². The van der Waals surface area contributed by atoms with Gasteiger partial charge in [-0.25, -0.2) is 14.5 Å². The molecular weight excluding hydrogens is 356 g/mol. The van der Waals surface area contributed by atoms with Crippen molar-refractivity contribution in [2.75, 3.05) is 0 Å². The third-order valence-corrected chi connectivity index (χ3v) is 5.34. The molecule has 2 N–H and O–H groups in total. The highest BCUT2D eigenvalue weighted by atomic mass is 32.1. The second kappa shape index (κ2) is 7.36. The number of thiazole rings is 1. The minimum Gasteiger partial charge on any atom is -0.480 e. The lowest BCUT2D eigenvalue weighted by molar-refractivity contribution is -0.140. The van der Waals surface area contributed by atoms with Gasteiger partial charge in [0.05, 0.1) is 17.0 Å². The maximum absolute atomic E-state index is 12.5. The van der Waals surface area contributed by atoms with Crippen molar-refractivity contribution in [2.45, 2.75) is 40.7 Å². The Labute approximate surface area is 154 Å². The van der Waals surface area contributed by atoms with Gasteiger partial charge in [-0.3, -0.25) is 9.59 Å². The van der Waals surface area contributed by atoms with Gasteiger partial charge in [0.15, 0.2) is 0 Å². The molecule has 0 fully saturated rings. The molecular formula is C17H22N4O4S. The van der Waals surface area contributed by atoms with Crippen LogP contribution in [0.3, 0.4) is 0 Å². The summed E-state index contributed by atoms with van der Waals surface area (Å²) in [5.41, 5.74) is 1.97. The predicted octanol–water partition coefficient (Wildman–Crippen LogP) is 1.67. The number of aromatic nitrogens is 3. The van der Waals surface area contributed by atoms with E-state index in [1.165, 1.54) is 4.68 Å². The van der Waals surface area contributed by atoms with Gasteiger partial charge in [-0.2, -0.15) is 5.10 Å². The van der Waals surface area contributed by atoms with Crippen molar-refractivity contribution < 1.29 is 14.7 Å². The molecule has 0 spiro atoms. The summed E-state index contributed by atoms with van der Waals surface area (Å²) in [6, 6.07) is -0.995. The average molecular weight is 378 g/mol. The van der Waals surface area contributed by atoms with E-state index in [1.807, 2.05) is 0 Å². The highest BCUT2D eigenvalue weighted by Crippen LogP contribution is 2.28. The zero-order valence-electron chi connectivity index (χ0n) is 15.6. The molecule has 2 aromatic heterocycles. The van der Waals surface area contributed by atoms with Crippen molar-refractivity contribution in [2.24, 2.45) is 13.0 Å². The molecule has 0 unspecified atom stereocenters. The van der Waals surface area contributed by atoms with E-state index in [1.54, 1.807) is 41.7 Å². The van der Waals surface area contributed by atoms with E-state index in [-0.39, 0.29) is 11.5 Å². The van der Waals surface area contributed by atoms with Gasteiger partial charge in [0.1, 0.15) is 15.9 Å². The lowest BCUT2D eigenvalue weighted by Gasteiger charge is -2.17.